The van der Waals surface area contributed by atoms with E-state index in [2.05, 4.69) is 52.1 Å². The summed E-state index contributed by atoms with van der Waals surface area (Å²) in [7, 11) is -1.85. The molecule has 0 radical (unpaired) electrons. The summed E-state index contributed by atoms with van der Waals surface area (Å²) in [6.07, 6.45) is 0. The van der Waals surface area contributed by atoms with Gasteiger partial charge in [-0.05, 0) is 0 Å². The summed E-state index contributed by atoms with van der Waals surface area (Å²) in [6, 6.07) is 0. The SMILES string of the molecule is O.O.O.[Br][Nb]([Br])([Br])[Br]. The zero-order valence-corrected chi connectivity index (χ0v) is 12.0. The standard InChI is InChI=1S/4BrH.Nb.3H2O/h4*1H;;3*1H2/q;;;;+4;;;/p-4. The van der Waals surface area contributed by atoms with Crippen LogP contribution in [0.2, 0.25) is 0 Å². The van der Waals surface area contributed by atoms with E-state index in [4.69, 9.17) is 0 Å². The van der Waals surface area contributed by atoms with Crippen LogP contribution in [0.5, 0.6) is 0 Å². The first-order chi connectivity index (χ1) is 2.00. The molecular weight excluding hydrogens is 461 g/mol. The van der Waals surface area contributed by atoms with Crippen molar-refractivity contribution in [1.82, 2.24) is 0 Å². The molecular formula is H6Br4NbO3. The molecule has 0 fully saturated rings. The van der Waals surface area contributed by atoms with Gasteiger partial charge in [-0.25, -0.2) is 0 Å². The van der Waals surface area contributed by atoms with E-state index in [1.54, 1.807) is 0 Å². The molecule has 0 aliphatic carbocycles. The molecule has 0 aromatic rings. The Morgan fingerprint density at radius 2 is 0.625 bits per heavy atom. The summed E-state index contributed by atoms with van der Waals surface area (Å²) in [5, 5.41) is 0. The van der Waals surface area contributed by atoms with Gasteiger partial charge in [-0.1, -0.05) is 0 Å². The molecule has 0 aliphatic heterocycles. The minimum atomic E-state index is -1.85. The van der Waals surface area contributed by atoms with E-state index in [1.165, 1.54) is 0 Å². The van der Waals surface area contributed by atoms with E-state index in [1.807, 2.05) is 0 Å². The van der Waals surface area contributed by atoms with Gasteiger partial charge in [0.1, 0.15) is 0 Å². The normalized spacial score (nSPS) is 7.50. The van der Waals surface area contributed by atoms with E-state index < -0.39 is 8.59 Å². The van der Waals surface area contributed by atoms with Crippen LogP contribution in [0.25, 0.3) is 0 Å². The molecule has 0 saturated carbocycles. The molecule has 8 heavy (non-hydrogen) atoms. The van der Waals surface area contributed by atoms with Gasteiger partial charge in [0.15, 0.2) is 0 Å². The van der Waals surface area contributed by atoms with E-state index >= 15 is 0 Å². The predicted molar refractivity (Wildman–Crippen MR) is 46.5 cm³/mol. The van der Waals surface area contributed by atoms with Crippen LogP contribution < -0.4 is 0 Å². The maximum absolute atomic E-state index is 3.32. The molecule has 0 aromatic heterocycles. The van der Waals surface area contributed by atoms with Crippen molar-refractivity contribution in [3.05, 3.63) is 0 Å². The summed E-state index contributed by atoms with van der Waals surface area (Å²) in [5.41, 5.74) is 0. The van der Waals surface area contributed by atoms with Gasteiger partial charge in [0.2, 0.25) is 0 Å². The van der Waals surface area contributed by atoms with Crippen molar-refractivity contribution in [2.75, 3.05) is 0 Å². The summed E-state index contributed by atoms with van der Waals surface area (Å²) in [6.45, 7) is 0. The van der Waals surface area contributed by atoms with Gasteiger partial charge in [-0.3, -0.25) is 0 Å². The molecule has 0 heterocycles. The molecule has 0 bridgehead atoms. The molecule has 0 atom stereocenters. The predicted octanol–water partition coefficient (Wildman–Crippen LogP) is 0.906. The molecule has 0 unspecified atom stereocenters. The van der Waals surface area contributed by atoms with Gasteiger partial charge >= 0.3 is 60.7 Å². The van der Waals surface area contributed by atoms with Crippen LogP contribution in [-0.2, 0) is 8.59 Å². The molecule has 0 spiro atoms. The zero-order chi connectivity index (χ0) is 4.50. The molecule has 0 saturated heterocycles. The second-order valence-corrected chi connectivity index (χ2v) is 61.2. The van der Waals surface area contributed by atoms with Gasteiger partial charge in [0, 0.05) is 0 Å². The fourth-order valence-electron chi connectivity index (χ4n) is 0. The maximum atomic E-state index is 3.32. The quantitative estimate of drug-likeness (QED) is 0.475. The molecule has 0 aromatic carbocycles. The van der Waals surface area contributed by atoms with Gasteiger partial charge in [-0.2, -0.15) is 0 Å². The number of hydrogen-bond acceptors (Lipinski definition) is 0. The Hall–Kier alpha value is 2.54. The second kappa shape index (κ2) is 9.54. The first kappa shape index (κ1) is 22.4. The Morgan fingerprint density at radius 3 is 0.625 bits per heavy atom. The number of halogens is 4. The summed E-state index contributed by atoms with van der Waals surface area (Å²) >= 11 is 13.3. The monoisotopic (exact) mass is 463 g/mol. The van der Waals surface area contributed by atoms with E-state index in [0.29, 0.717) is 0 Å². The van der Waals surface area contributed by atoms with E-state index in [9.17, 15) is 0 Å². The first-order valence-electron chi connectivity index (χ1n) is 0.676. The number of rotatable bonds is 0. The number of hydrogen-bond donors (Lipinski definition) is 0. The summed E-state index contributed by atoms with van der Waals surface area (Å²) < 4.78 is 0. The Kier molecular flexibility index (Phi) is 26.7. The van der Waals surface area contributed by atoms with Crippen molar-refractivity contribution in [3.8, 4) is 0 Å². The van der Waals surface area contributed by atoms with E-state index in [-0.39, 0.29) is 16.4 Å². The molecule has 0 rings (SSSR count). The average molecular weight is 467 g/mol. The third-order valence-corrected chi connectivity index (χ3v) is 0. The van der Waals surface area contributed by atoms with Crippen molar-refractivity contribution in [1.29, 1.82) is 0 Å². The Balaban J connectivity index is -0.0000000267. The Morgan fingerprint density at radius 1 is 0.625 bits per heavy atom. The van der Waals surface area contributed by atoms with Crippen LogP contribution >= 0.6 is 52.1 Å². The van der Waals surface area contributed by atoms with Gasteiger partial charge in [-0.15, -0.1) is 0 Å². The fraction of sp³-hybridized carbons (Fsp3) is 0. The molecule has 0 amide bonds. The molecule has 3 nitrogen and oxygen atoms in total. The Labute approximate surface area is 75.9 Å². The third kappa shape index (κ3) is 75.2. The van der Waals surface area contributed by atoms with Gasteiger partial charge < -0.3 is 16.4 Å². The molecule has 6 N–H and O–H groups in total. The molecule has 57 valence electrons. The topological polar surface area (TPSA) is 94.5 Å². The van der Waals surface area contributed by atoms with Crippen LogP contribution in [0.4, 0.5) is 0 Å². The van der Waals surface area contributed by atoms with Gasteiger partial charge in [0.05, 0.1) is 0 Å². The minimum absolute atomic E-state index is 0. The zero-order valence-electron chi connectivity index (χ0n) is 3.46. The van der Waals surface area contributed by atoms with Crippen LogP contribution in [-0.4, -0.2) is 16.4 Å². The van der Waals surface area contributed by atoms with Crippen molar-refractivity contribution >= 4 is 52.1 Å². The van der Waals surface area contributed by atoms with Gasteiger partial charge in [0.25, 0.3) is 0 Å². The third-order valence-electron chi connectivity index (χ3n) is 0. The van der Waals surface area contributed by atoms with Crippen molar-refractivity contribution in [2.45, 2.75) is 0 Å². The van der Waals surface area contributed by atoms with Crippen LogP contribution in [0.15, 0.2) is 0 Å². The fourth-order valence-corrected chi connectivity index (χ4v) is 0. The molecule has 8 heteroatoms. The Bertz CT molecular complexity index is 26.8. The second-order valence-electron chi connectivity index (χ2n) is 0.383. The van der Waals surface area contributed by atoms with Crippen LogP contribution in [0, 0.1) is 0 Å². The van der Waals surface area contributed by atoms with Crippen molar-refractivity contribution in [2.24, 2.45) is 0 Å². The van der Waals surface area contributed by atoms with Crippen molar-refractivity contribution < 1.29 is 25.0 Å². The average Bonchev–Trinajstić information content (AvgIpc) is 0.722. The summed E-state index contributed by atoms with van der Waals surface area (Å²) in [4.78, 5) is 0. The summed E-state index contributed by atoms with van der Waals surface area (Å²) in [5.74, 6) is 0. The van der Waals surface area contributed by atoms with Crippen LogP contribution in [0.3, 0.4) is 0 Å². The van der Waals surface area contributed by atoms with E-state index in [0.717, 1.165) is 0 Å². The first-order valence-corrected chi connectivity index (χ1v) is 20.8. The molecule has 0 aliphatic rings. The van der Waals surface area contributed by atoms with Crippen LogP contribution in [0.1, 0.15) is 0 Å². The van der Waals surface area contributed by atoms with Crippen molar-refractivity contribution in [3.63, 3.8) is 0 Å².